The van der Waals surface area contributed by atoms with Gasteiger partial charge in [0.2, 0.25) is 0 Å². The number of rotatable bonds is 8. The first-order chi connectivity index (χ1) is 14.7. The van der Waals surface area contributed by atoms with Crippen molar-refractivity contribution < 1.29 is 24.1 Å². The predicted octanol–water partition coefficient (Wildman–Crippen LogP) is 3.09. The summed E-state index contributed by atoms with van der Waals surface area (Å²) in [7, 11) is 1.57. The van der Waals surface area contributed by atoms with Gasteiger partial charge < -0.3 is 25.1 Å². The summed E-state index contributed by atoms with van der Waals surface area (Å²) >= 11 is 1.50. The molecule has 3 rings (SSSR count). The number of thioether (sulfide) groups is 1. The molecule has 0 aromatic carbocycles. The maximum atomic E-state index is 11.7. The Labute approximate surface area is 187 Å². The molecular formula is C22H33N3O5S. The molecule has 2 aliphatic rings. The van der Waals surface area contributed by atoms with Gasteiger partial charge in [0.1, 0.15) is 12.2 Å². The molecule has 8 nitrogen and oxygen atoms in total. The quantitative estimate of drug-likeness (QED) is 0.352. The molecule has 1 saturated carbocycles. The second-order valence-corrected chi connectivity index (χ2v) is 9.71. The smallest absolute Gasteiger partial charge is 0.404 e. The normalized spacial score (nSPS) is 34.7. The highest BCUT2D eigenvalue weighted by atomic mass is 32.2. The maximum absolute atomic E-state index is 11.7. The largest absolute Gasteiger partial charge is 0.444 e. The van der Waals surface area contributed by atoms with Crippen molar-refractivity contribution >= 4 is 17.9 Å². The third kappa shape index (κ3) is 5.22. The van der Waals surface area contributed by atoms with Crippen molar-refractivity contribution in [3.8, 4) is 0 Å². The molecule has 1 aromatic rings. The molecule has 9 heteroatoms. The second-order valence-electron chi connectivity index (χ2n) is 8.77. The highest BCUT2D eigenvalue weighted by Crippen LogP contribution is 2.55. The van der Waals surface area contributed by atoms with E-state index >= 15 is 0 Å². The van der Waals surface area contributed by atoms with Crippen molar-refractivity contribution in [2.45, 2.75) is 81.1 Å². The molecule has 0 radical (unpaired) electrons. The van der Waals surface area contributed by atoms with Gasteiger partial charge in [0.15, 0.2) is 5.16 Å². The van der Waals surface area contributed by atoms with E-state index in [-0.39, 0.29) is 6.10 Å². The highest BCUT2D eigenvalue weighted by molar-refractivity contribution is 7.99. The van der Waals surface area contributed by atoms with E-state index < -0.39 is 35.4 Å². The molecule has 6 atom stereocenters. The zero-order valence-electron chi connectivity index (χ0n) is 18.6. The topological polar surface area (TPSA) is 117 Å². The van der Waals surface area contributed by atoms with E-state index in [0.717, 1.165) is 6.42 Å². The van der Waals surface area contributed by atoms with Crippen LogP contribution in [0.5, 0.6) is 0 Å². The summed E-state index contributed by atoms with van der Waals surface area (Å²) in [6, 6.07) is 1.77. The number of allylic oxidation sites excluding steroid dienone is 2. The Hall–Kier alpha value is -1.68. The Balaban J connectivity index is 1.90. The average molecular weight is 452 g/mol. The summed E-state index contributed by atoms with van der Waals surface area (Å²) in [5.74, 6) is 0.149. The molecule has 0 bridgehead atoms. The summed E-state index contributed by atoms with van der Waals surface area (Å²) in [5.41, 5.74) is 4.69. The van der Waals surface area contributed by atoms with Crippen molar-refractivity contribution in [1.82, 2.24) is 9.97 Å². The van der Waals surface area contributed by atoms with Gasteiger partial charge in [0, 0.05) is 31.2 Å². The lowest BCUT2D eigenvalue weighted by Crippen LogP contribution is -2.60. The molecule has 2 heterocycles. The number of ether oxygens (including phenoxy) is 3. The maximum Gasteiger partial charge on any atom is 0.404 e. The number of nitrogens with two attached hydrogens (primary N) is 1. The van der Waals surface area contributed by atoms with Gasteiger partial charge in [-0.3, -0.25) is 0 Å². The monoisotopic (exact) mass is 451 g/mol. The van der Waals surface area contributed by atoms with Crippen molar-refractivity contribution in [1.29, 1.82) is 0 Å². The molecule has 2 fully saturated rings. The first-order valence-corrected chi connectivity index (χ1v) is 11.6. The number of nitrogens with zero attached hydrogens (tertiary/aromatic N) is 2. The predicted molar refractivity (Wildman–Crippen MR) is 118 cm³/mol. The molecule has 172 valence electrons. The fourth-order valence-corrected chi connectivity index (χ4v) is 6.04. The Morgan fingerprint density at radius 3 is 2.74 bits per heavy atom. The number of hydrogen-bond donors (Lipinski definition) is 2. The van der Waals surface area contributed by atoms with E-state index in [1.165, 1.54) is 17.3 Å². The summed E-state index contributed by atoms with van der Waals surface area (Å²) in [6.45, 7) is 5.91. The Morgan fingerprint density at radius 2 is 2.13 bits per heavy atom. The summed E-state index contributed by atoms with van der Waals surface area (Å²) in [5, 5.41) is 12.3. The fraction of sp³-hybridized carbons (Fsp3) is 0.682. The standard InChI is InChI=1S/C22H33N3O5S/c1-14(2)7-5-8-16-21(3,27)18-17(28-4)15(29-19(23)26)9-10-22(18,30-16)13-31-20-24-11-6-12-25-20/h6-7,11-12,15-18,27H,5,8-10,13H2,1-4H3,(H2,23,26)/t15?,16-,17?,18?,21+,22-/m0/s1. The first-order valence-electron chi connectivity index (χ1n) is 10.6. The lowest BCUT2D eigenvalue weighted by molar-refractivity contribution is -0.155. The van der Waals surface area contributed by atoms with Crippen LogP contribution >= 0.6 is 11.8 Å². The fourth-order valence-electron chi connectivity index (χ4n) is 5.00. The Kier molecular flexibility index (Phi) is 7.62. The van der Waals surface area contributed by atoms with Gasteiger partial charge in [-0.15, -0.1) is 0 Å². The van der Waals surface area contributed by atoms with Crippen LogP contribution in [0.15, 0.2) is 35.3 Å². The molecule has 1 saturated heterocycles. The molecule has 0 spiro atoms. The molecule has 3 unspecified atom stereocenters. The number of aliphatic hydroxyl groups is 1. The first kappa shape index (κ1) is 24.0. The van der Waals surface area contributed by atoms with Crippen LogP contribution in [-0.2, 0) is 14.2 Å². The van der Waals surface area contributed by atoms with Gasteiger partial charge in [-0.1, -0.05) is 23.4 Å². The highest BCUT2D eigenvalue weighted by Gasteiger charge is 2.66. The number of aromatic nitrogens is 2. The summed E-state index contributed by atoms with van der Waals surface area (Å²) < 4.78 is 17.8. The van der Waals surface area contributed by atoms with Crippen LogP contribution in [0.4, 0.5) is 4.79 Å². The summed E-state index contributed by atoms with van der Waals surface area (Å²) in [6.07, 6.45) is 5.87. The number of methoxy groups -OCH3 is 1. The number of primary amides is 1. The van der Waals surface area contributed by atoms with Crippen LogP contribution in [0.1, 0.15) is 46.5 Å². The molecule has 1 aliphatic heterocycles. The number of fused-ring (bicyclic) bond motifs is 1. The minimum absolute atomic E-state index is 0.379. The van der Waals surface area contributed by atoms with Crippen LogP contribution in [0.3, 0.4) is 0 Å². The number of amides is 1. The van der Waals surface area contributed by atoms with Crippen molar-refractivity contribution in [3.63, 3.8) is 0 Å². The van der Waals surface area contributed by atoms with Gasteiger partial charge in [0.25, 0.3) is 0 Å². The lowest BCUT2D eigenvalue weighted by Gasteiger charge is -2.47. The molecular weight excluding hydrogens is 418 g/mol. The van der Waals surface area contributed by atoms with Gasteiger partial charge in [-0.25, -0.2) is 14.8 Å². The van der Waals surface area contributed by atoms with Crippen molar-refractivity contribution in [2.24, 2.45) is 11.7 Å². The van der Waals surface area contributed by atoms with E-state index in [0.29, 0.717) is 30.2 Å². The minimum atomic E-state index is -1.17. The molecule has 1 aromatic heterocycles. The van der Waals surface area contributed by atoms with E-state index in [4.69, 9.17) is 19.9 Å². The van der Waals surface area contributed by atoms with Crippen LogP contribution in [0, 0.1) is 5.92 Å². The average Bonchev–Trinajstić information content (AvgIpc) is 2.94. The van der Waals surface area contributed by atoms with E-state index in [9.17, 15) is 9.90 Å². The van der Waals surface area contributed by atoms with Crippen molar-refractivity contribution in [2.75, 3.05) is 12.9 Å². The lowest BCUT2D eigenvalue weighted by atomic mass is 9.66. The van der Waals surface area contributed by atoms with Gasteiger partial charge in [-0.05, 0) is 52.5 Å². The van der Waals surface area contributed by atoms with Crippen LogP contribution in [0.2, 0.25) is 0 Å². The van der Waals surface area contributed by atoms with Gasteiger partial charge in [-0.2, -0.15) is 0 Å². The zero-order chi connectivity index (χ0) is 22.6. The van der Waals surface area contributed by atoms with Crippen LogP contribution in [0.25, 0.3) is 0 Å². The van der Waals surface area contributed by atoms with Gasteiger partial charge in [0.05, 0.1) is 17.3 Å². The number of hydrogen-bond acceptors (Lipinski definition) is 8. The number of carbonyl (C=O) groups is 1. The molecule has 1 amide bonds. The molecule has 31 heavy (non-hydrogen) atoms. The van der Waals surface area contributed by atoms with Crippen LogP contribution in [-0.4, -0.2) is 63.5 Å². The second kappa shape index (κ2) is 9.85. The zero-order valence-corrected chi connectivity index (χ0v) is 19.4. The van der Waals surface area contributed by atoms with Crippen molar-refractivity contribution in [3.05, 3.63) is 30.1 Å². The third-order valence-corrected chi connectivity index (χ3v) is 7.38. The van der Waals surface area contributed by atoms with Crippen LogP contribution < -0.4 is 5.73 Å². The third-order valence-electron chi connectivity index (χ3n) is 6.28. The summed E-state index contributed by atoms with van der Waals surface area (Å²) in [4.78, 5) is 20.1. The SMILES string of the molecule is COC1C(OC(N)=O)CC[C@@]2(CSc3ncccn3)O[C@@H](CCC=C(C)C)[C@@](C)(O)C12. The minimum Gasteiger partial charge on any atom is -0.444 e. The van der Waals surface area contributed by atoms with E-state index in [2.05, 4.69) is 29.9 Å². The van der Waals surface area contributed by atoms with E-state index in [1.807, 2.05) is 0 Å². The Bertz CT molecular complexity index is 787. The van der Waals surface area contributed by atoms with E-state index in [1.54, 1.807) is 32.5 Å². The molecule has 3 N–H and O–H groups in total. The molecule has 1 aliphatic carbocycles. The number of carbonyl (C=O) groups excluding carboxylic acids is 1. The Morgan fingerprint density at radius 1 is 1.42 bits per heavy atom. The van der Waals surface area contributed by atoms with Gasteiger partial charge >= 0.3 is 6.09 Å².